The van der Waals surface area contributed by atoms with Crippen LogP contribution in [0, 0.1) is 19.8 Å². The Morgan fingerprint density at radius 3 is 2.40 bits per heavy atom. The summed E-state index contributed by atoms with van der Waals surface area (Å²) in [6.45, 7) is 5.05. The zero-order valence-electron chi connectivity index (χ0n) is 15.3. The number of benzene rings is 1. The van der Waals surface area contributed by atoms with E-state index in [9.17, 15) is 4.79 Å². The number of hydrogen-bond donors (Lipinski definition) is 0. The lowest BCUT2D eigenvalue weighted by molar-refractivity contribution is 0.0734. The van der Waals surface area contributed by atoms with Crippen molar-refractivity contribution in [3.05, 3.63) is 47.3 Å². The summed E-state index contributed by atoms with van der Waals surface area (Å²) in [5, 5.41) is 0. The van der Waals surface area contributed by atoms with Gasteiger partial charge >= 0.3 is 0 Å². The van der Waals surface area contributed by atoms with E-state index in [1.807, 2.05) is 37.3 Å². The average Bonchev–Trinajstić information content (AvgIpc) is 3.52. The molecular weight excluding hydrogens is 312 g/mol. The topological polar surface area (TPSA) is 34.5 Å². The van der Waals surface area contributed by atoms with Crippen LogP contribution >= 0.6 is 0 Å². The van der Waals surface area contributed by atoms with Gasteiger partial charge in [0.05, 0.1) is 12.7 Å². The molecule has 1 heterocycles. The number of aryl methyl sites for hydroxylation is 1. The third-order valence-corrected chi connectivity index (χ3v) is 5.39. The fourth-order valence-corrected chi connectivity index (χ4v) is 3.63. The van der Waals surface area contributed by atoms with Gasteiger partial charge in [0.25, 0.3) is 5.91 Å². The first kappa shape index (κ1) is 16.2. The zero-order chi connectivity index (χ0) is 17.6. The molecule has 0 bridgehead atoms. The molecule has 2 aromatic rings. The van der Waals surface area contributed by atoms with Crippen LogP contribution in [0.1, 0.15) is 47.4 Å². The molecule has 4 heteroatoms. The smallest absolute Gasteiger partial charge is 0.255 e. The van der Waals surface area contributed by atoms with Crippen molar-refractivity contribution in [3.63, 3.8) is 0 Å². The lowest BCUT2D eigenvalue weighted by Gasteiger charge is -2.22. The van der Waals surface area contributed by atoms with E-state index in [0.717, 1.165) is 53.7 Å². The Morgan fingerprint density at radius 2 is 1.84 bits per heavy atom. The average molecular weight is 338 g/mol. The number of nitrogens with zero attached hydrogens (tertiary/aromatic N) is 2. The Balaban J connectivity index is 1.64. The summed E-state index contributed by atoms with van der Waals surface area (Å²) < 4.78 is 7.41. The standard InChI is InChI=1S/C21H26N2O2/c1-14-12-20(21(24)22(17-6-7-17)13-16-4-5-16)15(2)23(14)18-8-10-19(25-3)11-9-18/h8-12,16-17H,4-7,13H2,1-3H3. The van der Waals surface area contributed by atoms with Gasteiger partial charge in [0, 0.05) is 29.7 Å². The second-order valence-electron chi connectivity index (χ2n) is 7.45. The molecule has 0 radical (unpaired) electrons. The molecule has 0 spiro atoms. The van der Waals surface area contributed by atoms with Crippen molar-refractivity contribution >= 4 is 5.91 Å². The maximum atomic E-state index is 13.2. The van der Waals surface area contributed by atoms with Crippen LogP contribution in [-0.4, -0.2) is 35.1 Å². The molecule has 0 saturated heterocycles. The van der Waals surface area contributed by atoms with Crippen molar-refractivity contribution in [1.82, 2.24) is 9.47 Å². The monoisotopic (exact) mass is 338 g/mol. The minimum Gasteiger partial charge on any atom is -0.497 e. The fourth-order valence-electron chi connectivity index (χ4n) is 3.63. The highest BCUT2D eigenvalue weighted by Crippen LogP contribution is 2.36. The van der Waals surface area contributed by atoms with Gasteiger partial charge in [0.15, 0.2) is 0 Å². The number of rotatable bonds is 6. The molecule has 132 valence electrons. The van der Waals surface area contributed by atoms with E-state index in [0.29, 0.717) is 6.04 Å². The van der Waals surface area contributed by atoms with Gasteiger partial charge in [-0.15, -0.1) is 0 Å². The Morgan fingerprint density at radius 1 is 1.16 bits per heavy atom. The first-order valence-electron chi connectivity index (χ1n) is 9.23. The highest BCUT2D eigenvalue weighted by atomic mass is 16.5. The molecule has 0 atom stereocenters. The van der Waals surface area contributed by atoms with Crippen molar-refractivity contribution in [2.75, 3.05) is 13.7 Å². The fraction of sp³-hybridized carbons (Fsp3) is 0.476. The molecule has 25 heavy (non-hydrogen) atoms. The minimum atomic E-state index is 0.210. The van der Waals surface area contributed by atoms with Crippen molar-refractivity contribution < 1.29 is 9.53 Å². The lowest BCUT2D eigenvalue weighted by Crippen LogP contribution is -2.35. The molecule has 0 unspecified atom stereocenters. The molecule has 1 aromatic heterocycles. The van der Waals surface area contributed by atoms with E-state index >= 15 is 0 Å². The van der Waals surface area contributed by atoms with E-state index in [4.69, 9.17) is 4.74 Å². The molecule has 0 aliphatic heterocycles. The van der Waals surface area contributed by atoms with Crippen molar-refractivity contribution in [2.45, 2.75) is 45.6 Å². The van der Waals surface area contributed by atoms with Crippen LogP contribution in [0.25, 0.3) is 5.69 Å². The number of aromatic nitrogens is 1. The molecule has 1 aromatic carbocycles. The van der Waals surface area contributed by atoms with Crippen molar-refractivity contribution in [3.8, 4) is 11.4 Å². The van der Waals surface area contributed by atoms with Crippen LogP contribution in [0.5, 0.6) is 5.75 Å². The molecule has 4 rings (SSSR count). The summed E-state index contributed by atoms with van der Waals surface area (Å²) in [4.78, 5) is 15.3. The van der Waals surface area contributed by atoms with Crippen LogP contribution in [0.2, 0.25) is 0 Å². The predicted octanol–water partition coefficient (Wildman–Crippen LogP) is 4.12. The Kier molecular flexibility index (Phi) is 4.06. The second-order valence-corrected chi connectivity index (χ2v) is 7.45. The highest BCUT2D eigenvalue weighted by Gasteiger charge is 2.37. The number of carbonyl (C=O) groups is 1. The molecule has 2 aliphatic rings. The molecule has 0 N–H and O–H groups in total. The summed E-state index contributed by atoms with van der Waals surface area (Å²) >= 11 is 0. The van der Waals surface area contributed by atoms with Gasteiger partial charge in [-0.05, 0) is 75.8 Å². The summed E-state index contributed by atoms with van der Waals surface area (Å²) in [7, 11) is 1.67. The third kappa shape index (κ3) is 3.17. The van der Waals surface area contributed by atoms with Crippen molar-refractivity contribution in [2.24, 2.45) is 5.92 Å². The van der Waals surface area contributed by atoms with E-state index in [1.165, 1.54) is 12.8 Å². The number of amides is 1. The maximum Gasteiger partial charge on any atom is 0.255 e. The van der Waals surface area contributed by atoms with Crippen LogP contribution in [0.3, 0.4) is 0 Å². The molecule has 2 fully saturated rings. The van der Waals surface area contributed by atoms with Crippen LogP contribution in [0.4, 0.5) is 0 Å². The van der Waals surface area contributed by atoms with Gasteiger partial charge in [-0.1, -0.05) is 0 Å². The highest BCUT2D eigenvalue weighted by molar-refractivity contribution is 5.96. The van der Waals surface area contributed by atoms with Gasteiger partial charge in [0.2, 0.25) is 0 Å². The van der Waals surface area contributed by atoms with E-state index in [-0.39, 0.29) is 5.91 Å². The first-order valence-corrected chi connectivity index (χ1v) is 9.23. The Labute approximate surface area is 149 Å². The van der Waals surface area contributed by atoms with Gasteiger partial charge in [-0.25, -0.2) is 0 Å². The third-order valence-electron chi connectivity index (χ3n) is 5.39. The largest absolute Gasteiger partial charge is 0.497 e. The minimum absolute atomic E-state index is 0.210. The van der Waals surface area contributed by atoms with Gasteiger partial charge < -0.3 is 14.2 Å². The van der Waals surface area contributed by atoms with Gasteiger partial charge in [0.1, 0.15) is 5.75 Å². The molecule has 2 aliphatic carbocycles. The Hall–Kier alpha value is -2.23. The van der Waals surface area contributed by atoms with Gasteiger partial charge in [-0.2, -0.15) is 0 Å². The zero-order valence-corrected chi connectivity index (χ0v) is 15.3. The van der Waals surface area contributed by atoms with Gasteiger partial charge in [-0.3, -0.25) is 4.79 Å². The number of hydrogen-bond acceptors (Lipinski definition) is 2. The van der Waals surface area contributed by atoms with E-state index in [1.54, 1.807) is 7.11 Å². The SMILES string of the molecule is COc1ccc(-n2c(C)cc(C(=O)N(CC3CC3)C3CC3)c2C)cc1. The summed E-state index contributed by atoms with van der Waals surface area (Å²) in [6.07, 6.45) is 4.88. The molecule has 1 amide bonds. The normalized spacial score (nSPS) is 16.8. The Bertz CT molecular complexity index is 783. The van der Waals surface area contributed by atoms with Crippen LogP contribution in [-0.2, 0) is 0 Å². The lowest BCUT2D eigenvalue weighted by atomic mass is 10.2. The first-order chi connectivity index (χ1) is 12.1. The van der Waals surface area contributed by atoms with E-state index in [2.05, 4.69) is 16.4 Å². The van der Waals surface area contributed by atoms with Crippen LogP contribution < -0.4 is 4.74 Å². The summed E-state index contributed by atoms with van der Waals surface area (Å²) in [6, 6.07) is 10.5. The number of ether oxygens (including phenoxy) is 1. The second kappa shape index (κ2) is 6.25. The maximum absolute atomic E-state index is 13.2. The molecule has 4 nitrogen and oxygen atoms in total. The van der Waals surface area contributed by atoms with Crippen molar-refractivity contribution in [1.29, 1.82) is 0 Å². The number of carbonyl (C=O) groups excluding carboxylic acids is 1. The number of methoxy groups -OCH3 is 1. The summed E-state index contributed by atoms with van der Waals surface area (Å²) in [5.74, 6) is 1.78. The quantitative estimate of drug-likeness (QED) is 0.794. The molecule has 2 saturated carbocycles. The van der Waals surface area contributed by atoms with Crippen LogP contribution in [0.15, 0.2) is 30.3 Å². The van der Waals surface area contributed by atoms with E-state index < -0.39 is 0 Å². The molecular formula is C21H26N2O2. The predicted molar refractivity (Wildman–Crippen MR) is 98.6 cm³/mol. The summed E-state index contributed by atoms with van der Waals surface area (Å²) in [5.41, 5.74) is 4.03.